The summed E-state index contributed by atoms with van der Waals surface area (Å²) in [5.41, 5.74) is 3.56. The molecular weight excluding hydrogens is 178 g/mol. The van der Waals surface area contributed by atoms with Crippen molar-refractivity contribution >= 4 is 5.96 Å². The summed E-state index contributed by atoms with van der Waals surface area (Å²) in [6, 6.07) is 4.01. The largest absolute Gasteiger partial charge is 0.349 e. The molecule has 1 aromatic heterocycles. The van der Waals surface area contributed by atoms with Crippen molar-refractivity contribution in [2.45, 2.75) is 13.0 Å². The molecule has 0 amide bonds. The van der Waals surface area contributed by atoms with E-state index in [1.54, 1.807) is 13.2 Å². The van der Waals surface area contributed by atoms with Gasteiger partial charge in [-0.25, -0.2) is 5.84 Å². The number of nitrogens with zero attached hydrogens (tertiary/aromatic N) is 2. The quantitative estimate of drug-likeness (QED) is 0.271. The zero-order valence-electron chi connectivity index (χ0n) is 8.36. The van der Waals surface area contributed by atoms with E-state index in [9.17, 15) is 0 Å². The molecule has 5 heteroatoms. The van der Waals surface area contributed by atoms with E-state index in [0.717, 1.165) is 5.56 Å². The molecule has 1 unspecified atom stereocenters. The topological polar surface area (TPSA) is 75.3 Å². The third-order valence-electron chi connectivity index (χ3n) is 1.90. The van der Waals surface area contributed by atoms with Gasteiger partial charge in [0.1, 0.15) is 0 Å². The summed E-state index contributed by atoms with van der Waals surface area (Å²) >= 11 is 0. The molecule has 1 heterocycles. The van der Waals surface area contributed by atoms with Crippen LogP contribution < -0.4 is 16.6 Å². The Morgan fingerprint density at radius 3 is 2.93 bits per heavy atom. The van der Waals surface area contributed by atoms with Crippen LogP contribution in [0.15, 0.2) is 29.5 Å². The number of hydrogen-bond acceptors (Lipinski definition) is 3. The highest BCUT2D eigenvalue weighted by atomic mass is 15.3. The minimum Gasteiger partial charge on any atom is -0.349 e. The fraction of sp³-hybridized carbons (Fsp3) is 0.333. The van der Waals surface area contributed by atoms with Crippen LogP contribution in [0.4, 0.5) is 0 Å². The zero-order chi connectivity index (χ0) is 10.4. The first-order valence-electron chi connectivity index (χ1n) is 4.37. The lowest BCUT2D eigenvalue weighted by atomic mass is 10.1. The molecule has 0 aliphatic rings. The van der Waals surface area contributed by atoms with E-state index >= 15 is 0 Å². The third-order valence-corrected chi connectivity index (χ3v) is 1.90. The smallest absolute Gasteiger partial charge is 0.205 e. The van der Waals surface area contributed by atoms with Gasteiger partial charge in [-0.2, -0.15) is 0 Å². The number of guanidine groups is 1. The van der Waals surface area contributed by atoms with E-state index in [-0.39, 0.29) is 6.04 Å². The van der Waals surface area contributed by atoms with Crippen LogP contribution in [0, 0.1) is 0 Å². The van der Waals surface area contributed by atoms with Crippen molar-refractivity contribution in [1.82, 2.24) is 15.7 Å². The van der Waals surface area contributed by atoms with E-state index < -0.39 is 0 Å². The van der Waals surface area contributed by atoms with Crippen LogP contribution in [0.1, 0.15) is 18.5 Å². The normalized spacial score (nSPS) is 13.5. The SMILES string of the molecule is CN=C(NN)NC(C)c1cccnc1. The summed E-state index contributed by atoms with van der Waals surface area (Å²) in [6.07, 6.45) is 3.55. The van der Waals surface area contributed by atoms with Gasteiger partial charge in [0.05, 0.1) is 6.04 Å². The molecule has 0 aromatic carbocycles. The number of pyridine rings is 1. The Balaban J connectivity index is 2.63. The second-order valence-corrected chi connectivity index (χ2v) is 2.87. The van der Waals surface area contributed by atoms with Crippen molar-refractivity contribution in [2.24, 2.45) is 10.8 Å². The Morgan fingerprint density at radius 2 is 2.43 bits per heavy atom. The molecule has 0 aliphatic heterocycles. The first kappa shape index (κ1) is 10.5. The average molecular weight is 193 g/mol. The molecule has 0 radical (unpaired) electrons. The van der Waals surface area contributed by atoms with Crippen molar-refractivity contribution in [3.05, 3.63) is 30.1 Å². The number of nitrogens with one attached hydrogen (secondary N) is 2. The molecule has 0 bridgehead atoms. The van der Waals surface area contributed by atoms with Crippen LogP contribution in [0.5, 0.6) is 0 Å². The van der Waals surface area contributed by atoms with Gasteiger partial charge in [0.2, 0.25) is 5.96 Å². The van der Waals surface area contributed by atoms with Crippen LogP contribution in [0.3, 0.4) is 0 Å². The van der Waals surface area contributed by atoms with Gasteiger partial charge in [0.15, 0.2) is 0 Å². The van der Waals surface area contributed by atoms with Crippen LogP contribution in [0.25, 0.3) is 0 Å². The first-order valence-corrected chi connectivity index (χ1v) is 4.37. The molecule has 0 saturated heterocycles. The highest BCUT2D eigenvalue weighted by Gasteiger charge is 2.05. The molecule has 4 N–H and O–H groups in total. The fourth-order valence-corrected chi connectivity index (χ4v) is 1.09. The van der Waals surface area contributed by atoms with E-state index in [4.69, 9.17) is 5.84 Å². The Bertz CT molecular complexity index is 295. The van der Waals surface area contributed by atoms with Gasteiger partial charge in [-0.05, 0) is 18.6 Å². The predicted molar refractivity (Wildman–Crippen MR) is 56.5 cm³/mol. The highest BCUT2D eigenvalue weighted by Crippen LogP contribution is 2.08. The molecule has 0 fully saturated rings. The molecule has 1 atom stereocenters. The van der Waals surface area contributed by atoms with Gasteiger partial charge in [-0.3, -0.25) is 15.4 Å². The number of hydrogen-bond donors (Lipinski definition) is 3. The summed E-state index contributed by atoms with van der Waals surface area (Å²) in [5.74, 6) is 5.81. The maximum Gasteiger partial charge on any atom is 0.205 e. The zero-order valence-corrected chi connectivity index (χ0v) is 8.36. The van der Waals surface area contributed by atoms with Crippen LogP contribution in [-0.4, -0.2) is 18.0 Å². The summed E-state index contributed by atoms with van der Waals surface area (Å²) in [4.78, 5) is 7.95. The molecule has 76 valence electrons. The number of hydrazine groups is 1. The van der Waals surface area contributed by atoms with E-state index in [0.29, 0.717) is 5.96 Å². The molecular formula is C9H15N5. The number of rotatable bonds is 2. The molecule has 5 nitrogen and oxygen atoms in total. The summed E-state index contributed by atoms with van der Waals surface area (Å²) in [7, 11) is 1.66. The van der Waals surface area contributed by atoms with Gasteiger partial charge < -0.3 is 5.32 Å². The molecule has 1 rings (SSSR count). The van der Waals surface area contributed by atoms with Gasteiger partial charge in [-0.15, -0.1) is 0 Å². The van der Waals surface area contributed by atoms with Crippen LogP contribution in [0.2, 0.25) is 0 Å². The van der Waals surface area contributed by atoms with Crippen molar-refractivity contribution < 1.29 is 0 Å². The van der Waals surface area contributed by atoms with Crippen molar-refractivity contribution in [1.29, 1.82) is 0 Å². The van der Waals surface area contributed by atoms with Crippen LogP contribution >= 0.6 is 0 Å². The Labute approximate surface area is 83.4 Å². The minimum absolute atomic E-state index is 0.124. The number of aliphatic imine (C=N–C) groups is 1. The second-order valence-electron chi connectivity index (χ2n) is 2.87. The lowest BCUT2D eigenvalue weighted by molar-refractivity contribution is 0.689. The molecule has 0 spiro atoms. The predicted octanol–water partition coefficient (Wildman–Crippen LogP) is 0.181. The second kappa shape index (κ2) is 5.18. The lowest BCUT2D eigenvalue weighted by Crippen LogP contribution is -2.42. The molecule has 0 aliphatic carbocycles. The average Bonchev–Trinajstić information content (AvgIpc) is 2.26. The minimum atomic E-state index is 0.124. The molecule has 1 aromatic rings. The third kappa shape index (κ3) is 2.70. The Kier molecular flexibility index (Phi) is 3.87. The standard InChI is InChI=1S/C9H15N5/c1-7(13-9(11-2)14-10)8-4-3-5-12-6-8/h3-7H,10H2,1-2H3,(H2,11,13,14). The van der Waals surface area contributed by atoms with E-state index in [2.05, 4.69) is 20.7 Å². The molecule has 0 saturated carbocycles. The van der Waals surface area contributed by atoms with Gasteiger partial charge in [-0.1, -0.05) is 6.07 Å². The fourth-order valence-electron chi connectivity index (χ4n) is 1.09. The van der Waals surface area contributed by atoms with Gasteiger partial charge >= 0.3 is 0 Å². The van der Waals surface area contributed by atoms with Crippen molar-refractivity contribution in [2.75, 3.05) is 7.05 Å². The summed E-state index contributed by atoms with van der Waals surface area (Å²) in [5, 5.41) is 3.11. The van der Waals surface area contributed by atoms with Gasteiger partial charge in [0, 0.05) is 19.4 Å². The van der Waals surface area contributed by atoms with E-state index in [1.807, 2.05) is 25.3 Å². The maximum absolute atomic E-state index is 5.25. The maximum atomic E-state index is 5.25. The van der Waals surface area contributed by atoms with Gasteiger partial charge in [0.25, 0.3) is 0 Å². The van der Waals surface area contributed by atoms with Crippen molar-refractivity contribution in [3.63, 3.8) is 0 Å². The highest BCUT2D eigenvalue weighted by molar-refractivity contribution is 5.79. The van der Waals surface area contributed by atoms with Crippen molar-refractivity contribution in [3.8, 4) is 0 Å². The first-order chi connectivity index (χ1) is 6.77. The summed E-state index contributed by atoms with van der Waals surface area (Å²) in [6.45, 7) is 2.01. The Hall–Kier alpha value is -1.62. The van der Waals surface area contributed by atoms with E-state index in [1.165, 1.54) is 0 Å². The lowest BCUT2D eigenvalue weighted by Gasteiger charge is -2.15. The molecule has 14 heavy (non-hydrogen) atoms. The number of aromatic nitrogens is 1. The summed E-state index contributed by atoms with van der Waals surface area (Å²) < 4.78 is 0. The Morgan fingerprint density at radius 1 is 1.64 bits per heavy atom. The monoisotopic (exact) mass is 193 g/mol. The van der Waals surface area contributed by atoms with Crippen LogP contribution in [-0.2, 0) is 0 Å². The number of nitrogens with two attached hydrogens (primary N) is 1.